The Balaban J connectivity index is 2.15. The molecule has 0 unspecified atom stereocenters. The Bertz CT molecular complexity index is 430. The first kappa shape index (κ1) is 15.2. The highest BCUT2D eigenvalue weighted by atomic mass is 32.2. The predicted octanol–water partition coefficient (Wildman–Crippen LogP) is 0.701. The number of hydrogen-bond acceptors (Lipinski definition) is 6. The maximum Gasteiger partial charge on any atom is 0.186 e. The zero-order valence-corrected chi connectivity index (χ0v) is 12.8. The van der Waals surface area contributed by atoms with E-state index in [0.717, 1.165) is 0 Å². The van der Waals surface area contributed by atoms with Crippen molar-refractivity contribution in [2.45, 2.75) is 63.3 Å². The first-order valence-electron chi connectivity index (χ1n) is 6.42. The lowest BCUT2D eigenvalue weighted by atomic mass is 10.2. The third-order valence-electron chi connectivity index (χ3n) is 3.45. The van der Waals surface area contributed by atoms with Crippen molar-refractivity contribution in [2.24, 2.45) is 0 Å². The summed E-state index contributed by atoms with van der Waals surface area (Å²) >= 11 is 0. The normalized spacial score (nSPS) is 37.8. The van der Waals surface area contributed by atoms with Crippen LogP contribution in [0.15, 0.2) is 0 Å². The van der Waals surface area contributed by atoms with Crippen molar-refractivity contribution in [1.29, 1.82) is 0 Å². The molecular weight excluding hydrogens is 272 g/mol. The van der Waals surface area contributed by atoms with E-state index in [2.05, 4.69) is 0 Å². The zero-order valence-electron chi connectivity index (χ0n) is 12.0. The average molecular weight is 294 g/mol. The molecule has 0 radical (unpaired) electrons. The molecule has 0 saturated carbocycles. The van der Waals surface area contributed by atoms with E-state index in [1.54, 1.807) is 27.7 Å². The van der Waals surface area contributed by atoms with E-state index in [1.807, 2.05) is 0 Å². The van der Waals surface area contributed by atoms with Crippen molar-refractivity contribution >= 4 is 9.84 Å². The van der Waals surface area contributed by atoms with Crippen molar-refractivity contribution in [3.05, 3.63) is 0 Å². The quantitative estimate of drug-likeness (QED) is 0.760. The smallest absolute Gasteiger partial charge is 0.186 e. The number of sulfone groups is 1. The fourth-order valence-electron chi connectivity index (χ4n) is 2.39. The third kappa shape index (κ3) is 2.95. The predicted molar refractivity (Wildman–Crippen MR) is 68.4 cm³/mol. The minimum Gasteiger partial charge on any atom is -0.353 e. The molecule has 2 heterocycles. The highest BCUT2D eigenvalue weighted by molar-refractivity contribution is 7.92. The van der Waals surface area contributed by atoms with Gasteiger partial charge in [-0.25, -0.2) is 8.42 Å². The second-order valence-electron chi connectivity index (χ2n) is 5.72. The molecule has 0 aromatic carbocycles. The second-order valence-corrected chi connectivity index (χ2v) is 8.32. The van der Waals surface area contributed by atoms with Crippen LogP contribution in [0.2, 0.25) is 0 Å². The van der Waals surface area contributed by atoms with E-state index in [9.17, 15) is 8.42 Å². The summed E-state index contributed by atoms with van der Waals surface area (Å²) in [5.74, 6) is -0.819. The van der Waals surface area contributed by atoms with Crippen LogP contribution in [0.4, 0.5) is 0 Å². The molecule has 2 rings (SSSR count). The van der Waals surface area contributed by atoms with Crippen LogP contribution in [-0.2, 0) is 28.8 Å². The van der Waals surface area contributed by atoms with Gasteiger partial charge in [-0.15, -0.1) is 0 Å². The molecule has 0 amide bonds. The number of ether oxygens (including phenoxy) is 4. The SMILES string of the molecule is CO[C@@H]1O[C@@H](CS(=O)(=O)C(C)C)[C@H]2OC(C)(C)O[C@@H]12. The first-order valence-corrected chi connectivity index (χ1v) is 8.13. The van der Waals surface area contributed by atoms with Gasteiger partial charge in [-0.05, 0) is 27.7 Å². The van der Waals surface area contributed by atoms with Crippen LogP contribution in [0.25, 0.3) is 0 Å². The van der Waals surface area contributed by atoms with Gasteiger partial charge >= 0.3 is 0 Å². The summed E-state index contributed by atoms with van der Waals surface area (Å²) in [7, 11) is -1.70. The fourth-order valence-corrected chi connectivity index (χ4v) is 3.50. The van der Waals surface area contributed by atoms with Crippen molar-refractivity contribution in [3.63, 3.8) is 0 Å². The second kappa shape index (κ2) is 4.96. The standard InChI is InChI=1S/C12H22O6S/c1-7(2)19(13,14)6-8-9-10(11(15-5)16-8)18-12(3,4)17-9/h7-11H,6H2,1-5H3/t8-,9+,10+,11+/m0/s1. The largest absolute Gasteiger partial charge is 0.353 e. The first-order chi connectivity index (χ1) is 8.66. The molecule has 7 heteroatoms. The molecule has 112 valence electrons. The molecule has 19 heavy (non-hydrogen) atoms. The summed E-state index contributed by atoms with van der Waals surface area (Å²) in [6, 6.07) is 0. The molecular formula is C12H22O6S. The van der Waals surface area contributed by atoms with Gasteiger partial charge < -0.3 is 18.9 Å². The lowest BCUT2D eigenvalue weighted by Crippen LogP contribution is -2.36. The van der Waals surface area contributed by atoms with Gasteiger partial charge in [0.25, 0.3) is 0 Å². The van der Waals surface area contributed by atoms with Crippen LogP contribution in [-0.4, -0.2) is 56.9 Å². The van der Waals surface area contributed by atoms with Gasteiger partial charge in [-0.3, -0.25) is 0 Å². The van der Waals surface area contributed by atoms with Gasteiger partial charge in [-0.1, -0.05) is 0 Å². The molecule has 2 aliphatic heterocycles. The molecule has 0 aromatic heterocycles. The Morgan fingerprint density at radius 1 is 1.21 bits per heavy atom. The van der Waals surface area contributed by atoms with Crippen molar-refractivity contribution < 1.29 is 27.4 Å². The molecule has 4 atom stereocenters. The molecule has 0 N–H and O–H groups in total. The van der Waals surface area contributed by atoms with E-state index >= 15 is 0 Å². The Hall–Kier alpha value is -0.210. The highest BCUT2D eigenvalue weighted by Gasteiger charge is 2.56. The van der Waals surface area contributed by atoms with Gasteiger partial charge in [0.1, 0.15) is 18.3 Å². The topological polar surface area (TPSA) is 71.1 Å². The van der Waals surface area contributed by atoms with Crippen molar-refractivity contribution in [3.8, 4) is 0 Å². The van der Waals surface area contributed by atoms with E-state index < -0.39 is 39.4 Å². The Morgan fingerprint density at radius 3 is 2.32 bits per heavy atom. The van der Waals surface area contributed by atoms with Crippen molar-refractivity contribution in [2.75, 3.05) is 12.9 Å². The van der Waals surface area contributed by atoms with Gasteiger partial charge in [0.2, 0.25) is 0 Å². The van der Waals surface area contributed by atoms with Crippen LogP contribution in [0.3, 0.4) is 0 Å². The monoisotopic (exact) mass is 294 g/mol. The zero-order chi connectivity index (χ0) is 14.4. The summed E-state index contributed by atoms with van der Waals surface area (Å²) < 4.78 is 46.3. The maximum absolute atomic E-state index is 12.0. The van der Waals surface area contributed by atoms with E-state index in [0.29, 0.717) is 0 Å². The summed E-state index contributed by atoms with van der Waals surface area (Å²) in [5.41, 5.74) is 0. The van der Waals surface area contributed by atoms with Crippen LogP contribution < -0.4 is 0 Å². The molecule has 0 aromatic rings. The minimum atomic E-state index is -3.21. The van der Waals surface area contributed by atoms with Crippen LogP contribution >= 0.6 is 0 Å². The van der Waals surface area contributed by atoms with Crippen LogP contribution in [0.5, 0.6) is 0 Å². The van der Waals surface area contributed by atoms with Crippen LogP contribution in [0.1, 0.15) is 27.7 Å². The number of hydrogen-bond donors (Lipinski definition) is 0. The third-order valence-corrected chi connectivity index (χ3v) is 5.68. The summed E-state index contributed by atoms with van der Waals surface area (Å²) in [5, 5.41) is -0.438. The van der Waals surface area contributed by atoms with Crippen LogP contribution in [0, 0.1) is 0 Å². The average Bonchev–Trinajstić information content (AvgIpc) is 2.73. The van der Waals surface area contributed by atoms with Crippen molar-refractivity contribution in [1.82, 2.24) is 0 Å². The number of rotatable bonds is 4. The maximum atomic E-state index is 12.0. The Labute approximate surface area is 114 Å². The number of fused-ring (bicyclic) bond motifs is 1. The minimum absolute atomic E-state index is 0.0782. The summed E-state index contributed by atoms with van der Waals surface area (Å²) in [4.78, 5) is 0. The molecule has 2 fully saturated rings. The highest BCUT2D eigenvalue weighted by Crippen LogP contribution is 2.39. The van der Waals surface area contributed by atoms with E-state index in [1.165, 1.54) is 7.11 Å². The summed E-state index contributed by atoms with van der Waals surface area (Å²) in [6.45, 7) is 6.91. The van der Waals surface area contributed by atoms with Gasteiger partial charge in [-0.2, -0.15) is 0 Å². The van der Waals surface area contributed by atoms with E-state index in [-0.39, 0.29) is 11.9 Å². The lowest BCUT2D eigenvalue weighted by Gasteiger charge is -2.23. The summed E-state index contributed by atoms with van der Waals surface area (Å²) in [6.07, 6.45) is -1.93. The van der Waals surface area contributed by atoms with Gasteiger partial charge in [0.05, 0.1) is 11.0 Å². The van der Waals surface area contributed by atoms with Gasteiger partial charge in [0.15, 0.2) is 21.9 Å². The molecule has 0 spiro atoms. The van der Waals surface area contributed by atoms with Gasteiger partial charge in [0, 0.05) is 7.11 Å². The molecule has 0 bridgehead atoms. The van der Waals surface area contributed by atoms with E-state index in [4.69, 9.17) is 18.9 Å². The molecule has 6 nitrogen and oxygen atoms in total. The molecule has 2 aliphatic rings. The number of methoxy groups -OCH3 is 1. The molecule has 2 saturated heterocycles. The molecule has 0 aliphatic carbocycles. The Morgan fingerprint density at radius 2 is 1.79 bits per heavy atom. The fraction of sp³-hybridized carbons (Fsp3) is 1.00. The lowest BCUT2D eigenvalue weighted by molar-refractivity contribution is -0.224. The Kier molecular flexibility index (Phi) is 3.97.